The van der Waals surface area contributed by atoms with Crippen molar-refractivity contribution < 1.29 is 23.4 Å². The van der Waals surface area contributed by atoms with Gasteiger partial charge in [0, 0.05) is 11.1 Å². The third kappa shape index (κ3) is 1.85. The van der Waals surface area contributed by atoms with E-state index in [0.717, 1.165) is 0 Å². The molecule has 2 rings (SSSR count). The fourth-order valence-electron chi connectivity index (χ4n) is 2.14. The van der Waals surface area contributed by atoms with Crippen molar-refractivity contribution in [2.24, 2.45) is 0 Å². The quantitative estimate of drug-likeness (QED) is 0.902. The van der Waals surface area contributed by atoms with Gasteiger partial charge in [-0.3, -0.25) is 0 Å². The molecule has 1 aromatic carbocycles. The summed E-state index contributed by atoms with van der Waals surface area (Å²) in [5.74, 6) is -5.77. The van der Waals surface area contributed by atoms with Crippen LogP contribution in [0.3, 0.4) is 0 Å². The minimum atomic E-state index is -3.90. The number of allylic oxidation sites excluding steroid dienone is 1. The minimum Gasteiger partial charge on any atom is -0.496 e. The number of aliphatic carboxylic acids is 1. The van der Waals surface area contributed by atoms with E-state index in [4.69, 9.17) is 9.84 Å². The number of rotatable bonds is 3. The standard InChI is InChI=1S/C13H12F2O3/c1-18-10-7-3-5-8-4-2-6-9(11(8)10)13(14,15)12(16)17/h3,5-7H,2,4H2,1H3,(H,16,17). The number of carboxylic acids is 1. The Bertz CT molecular complexity index is 521. The van der Waals surface area contributed by atoms with Crippen molar-refractivity contribution in [2.45, 2.75) is 18.8 Å². The van der Waals surface area contributed by atoms with E-state index in [-0.39, 0.29) is 11.3 Å². The molecule has 5 heteroatoms. The highest BCUT2D eigenvalue weighted by molar-refractivity contribution is 5.95. The lowest BCUT2D eigenvalue weighted by Gasteiger charge is -2.24. The molecule has 0 bridgehead atoms. The number of hydrogen-bond donors (Lipinski definition) is 1. The smallest absolute Gasteiger partial charge is 0.379 e. The number of ether oxygens (including phenoxy) is 1. The van der Waals surface area contributed by atoms with E-state index in [1.54, 1.807) is 18.2 Å². The molecule has 0 aromatic heterocycles. The summed E-state index contributed by atoms with van der Waals surface area (Å²) in [6.45, 7) is 0. The molecular formula is C13H12F2O3. The number of methoxy groups -OCH3 is 1. The van der Waals surface area contributed by atoms with Crippen molar-refractivity contribution in [1.82, 2.24) is 0 Å². The Morgan fingerprint density at radius 1 is 1.44 bits per heavy atom. The van der Waals surface area contributed by atoms with Gasteiger partial charge in [0.1, 0.15) is 5.75 Å². The molecule has 0 amide bonds. The molecule has 3 nitrogen and oxygen atoms in total. The zero-order valence-electron chi connectivity index (χ0n) is 9.74. The molecule has 1 aromatic rings. The first-order chi connectivity index (χ1) is 8.48. The summed E-state index contributed by atoms with van der Waals surface area (Å²) in [7, 11) is 1.38. The van der Waals surface area contributed by atoms with E-state index in [9.17, 15) is 13.6 Å². The second-order valence-corrected chi connectivity index (χ2v) is 4.03. The predicted octanol–water partition coefficient (Wildman–Crippen LogP) is 2.74. The first-order valence-corrected chi connectivity index (χ1v) is 5.46. The highest BCUT2D eigenvalue weighted by atomic mass is 19.3. The summed E-state index contributed by atoms with van der Waals surface area (Å²) in [6.07, 6.45) is 2.28. The number of hydrogen-bond acceptors (Lipinski definition) is 2. The van der Waals surface area contributed by atoms with Gasteiger partial charge in [0.15, 0.2) is 0 Å². The van der Waals surface area contributed by atoms with Crippen LogP contribution in [0.15, 0.2) is 24.3 Å². The van der Waals surface area contributed by atoms with Crippen LogP contribution in [0.5, 0.6) is 5.75 Å². The van der Waals surface area contributed by atoms with E-state index in [1.165, 1.54) is 13.2 Å². The zero-order valence-corrected chi connectivity index (χ0v) is 9.74. The summed E-state index contributed by atoms with van der Waals surface area (Å²) < 4.78 is 32.5. The van der Waals surface area contributed by atoms with Crippen LogP contribution in [0, 0.1) is 0 Å². The van der Waals surface area contributed by atoms with Gasteiger partial charge in [0.2, 0.25) is 0 Å². The Kier molecular flexibility index (Phi) is 3.07. The molecule has 0 aliphatic heterocycles. The van der Waals surface area contributed by atoms with Crippen LogP contribution in [0.4, 0.5) is 8.78 Å². The van der Waals surface area contributed by atoms with Gasteiger partial charge in [-0.15, -0.1) is 0 Å². The topological polar surface area (TPSA) is 46.5 Å². The zero-order chi connectivity index (χ0) is 13.3. The summed E-state index contributed by atoms with van der Waals surface area (Å²) in [5, 5.41) is 8.65. The van der Waals surface area contributed by atoms with Crippen LogP contribution in [0.2, 0.25) is 0 Å². The molecule has 1 aliphatic carbocycles. The molecule has 0 saturated carbocycles. The molecule has 0 unspecified atom stereocenters. The highest BCUT2D eigenvalue weighted by Crippen LogP contribution is 2.42. The van der Waals surface area contributed by atoms with Crippen LogP contribution in [-0.2, 0) is 11.2 Å². The largest absolute Gasteiger partial charge is 0.496 e. The average molecular weight is 254 g/mol. The first kappa shape index (κ1) is 12.5. The number of carboxylic acid groups (broad SMARTS) is 1. The van der Waals surface area contributed by atoms with E-state index in [1.807, 2.05) is 0 Å². The molecule has 0 atom stereocenters. The van der Waals surface area contributed by atoms with Crippen molar-refractivity contribution in [2.75, 3.05) is 7.11 Å². The normalized spacial score (nSPS) is 14.7. The van der Waals surface area contributed by atoms with Crippen LogP contribution >= 0.6 is 0 Å². The lowest BCUT2D eigenvalue weighted by molar-refractivity contribution is -0.156. The van der Waals surface area contributed by atoms with Crippen molar-refractivity contribution in [1.29, 1.82) is 0 Å². The van der Waals surface area contributed by atoms with Gasteiger partial charge in [-0.25, -0.2) is 4.79 Å². The molecule has 0 saturated heterocycles. The summed E-state index contributed by atoms with van der Waals surface area (Å²) in [4.78, 5) is 10.7. The van der Waals surface area contributed by atoms with E-state index in [2.05, 4.69) is 0 Å². The van der Waals surface area contributed by atoms with Gasteiger partial charge in [-0.05, 0) is 24.5 Å². The Hall–Kier alpha value is -1.91. The Labute approximate surface area is 103 Å². The summed E-state index contributed by atoms with van der Waals surface area (Å²) in [5.41, 5.74) is 0.417. The van der Waals surface area contributed by atoms with Crippen LogP contribution in [0.25, 0.3) is 5.57 Å². The molecule has 1 N–H and O–H groups in total. The monoisotopic (exact) mass is 254 g/mol. The van der Waals surface area contributed by atoms with Gasteiger partial charge in [0.05, 0.1) is 7.11 Å². The lowest BCUT2D eigenvalue weighted by atomic mass is 9.86. The van der Waals surface area contributed by atoms with Gasteiger partial charge in [-0.2, -0.15) is 8.78 Å². The van der Waals surface area contributed by atoms with Crippen LogP contribution in [-0.4, -0.2) is 24.1 Å². The number of carbonyl (C=O) groups is 1. The van der Waals surface area contributed by atoms with Crippen molar-refractivity contribution in [3.63, 3.8) is 0 Å². The molecule has 96 valence electrons. The molecule has 0 radical (unpaired) electrons. The molecule has 0 fully saturated rings. The van der Waals surface area contributed by atoms with E-state index < -0.39 is 17.5 Å². The molecule has 18 heavy (non-hydrogen) atoms. The van der Waals surface area contributed by atoms with Crippen molar-refractivity contribution in [3.8, 4) is 5.75 Å². The van der Waals surface area contributed by atoms with Gasteiger partial charge in [0.25, 0.3) is 0 Å². The third-order valence-corrected chi connectivity index (χ3v) is 2.97. The van der Waals surface area contributed by atoms with Gasteiger partial charge < -0.3 is 9.84 Å². The Morgan fingerprint density at radius 3 is 2.78 bits per heavy atom. The number of aryl methyl sites for hydroxylation is 1. The van der Waals surface area contributed by atoms with Crippen LogP contribution < -0.4 is 4.74 Å². The van der Waals surface area contributed by atoms with E-state index >= 15 is 0 Å². The SMILES string of the molecule is COc1cccc2c1C(C(F)(F)C(=O)O)=CCC2. The predicted molar refractivity (Wildman–Crippen MR) is 61.9 cm³/mol. The van der Waals surface area contributed by atoms with Crippen molar-refractivity contribution >= 4 is 11.5 Å². The highest BCUT2D eigenvalue weighted by Gasteiger charge is 2.45. The minimum absolute atomic E-state index is 0.207. The maximum atomic E-state index is 13.7. The summed E-state index contributed by atoms with van der Waals surface area (Å²) >= 11 is 0. The first-order valence-electron chi connectivity index (χ1n) is 5.46. The van der Waals surface area contributed by atoms with Gasteiger partial charge in [-0.1, -0.05) is 18.2 Å². The molecular weight excluding hydrogens is 242 g/mol. The Balaban J connectivity index is 2.61. The Morgan fingerprint density at radius 2 is 2.17 bits per heavy atom. The lowest BCUT2D eigenvalue weighted by Crippen LogP contribution is -2.31. The fourth-order valence-corrected chi connectivity index (χ4v) is 2.14. The van der Waals surface area contributed by atoms with Crippen LogP contribution in [0.1, 0.15) is 17.5 Å². The number of halogens is 2. The number of benzene rings is 1. The second kappa shape index (κ2) is 4.40. The van der Waals surface area contributed by atoms with Crippen molar-refractivity contribution in [3.05, 3.63) is 35.4 Å². The average Bonchev–Trinajstić information content (AvgIpc) is 2.37. The molecule has 1 aliphatic rings. The second-order valence-electron chi connectivity index (χ2n) is 4.03. The fraction of sp³-hybridized carbons (Fsp3) is 0.308. The molecule has 0 heterocycles. The van der Waals surface area contributed by atoms with Gasteiger partial charge >= 0.3 is 11.9 Å². The third-order valence-electron chi connectivity index (χ3n) is 2.97. The maximum Gasteiger partial charge on any atom is 0.379 e. The summed E-state index contributed by atoms with van der Waals surface area (Å²) in [6, 6.07) is 4.97. The maximum absolute atomic E-state index is 13.7. The number of alkyl halides is 2. The number of fused-ring (bicyclic) bond motifs is 1. The molecule has 0 spiro atoms. The van der Waals surface area contributed by atoms with E-state index in [0.29, 0.717) is 18.4 Å².